The minimum atomic E-state index is -0.256. The fourth-order valence-corrected chi connectivity index (χ4v) is 6.45. The van der Waals surface area contributed by atoms with Crippen LogP contribution in [0.15, 0.2) is 48.7 Å². The van der Waals surface area contributed by atoms with Crippen LogP contribution in [0.3, 0.4) is 0 Å². The fraction of sp³-hybridized carbons (Fsp3) is 0.533. The number of aryl methyl sites for hydroxylation is 1. The van der Waals surface area contributed by atoms with Crippen LogP contribution in [0.5, 0.6) is 0 Å². The van der Waals surface area contributed by atoms with Gasteiger partial charge in [-0.25, -0.2) is 0 Å². The smallest absolute Gasteiger partial charge is 0.270 e. The molecule has 0 amide bonds. The maximum Gasteiger partial charge on any atom is 0.270 e. The normalized spacial score (nSPS) is 18.7. The fourth-order valence-electron chi connectivity index (χ4n) is 6.45. The van der Waals surface area contributed by atoms with Gasteiger partial charge in [-0.1, -0.05) is 68.4 Å². The molecule has 5 heteroatoms. The molecule has 2 fully saturated rings. The second kappa shape index (κ2) is 10.9. The van der Waals surface area contributed by atoms with Gasteiger partial charge in [0.25, 0.3) is 5.69 Å². The Labute approximate surface area is 209 Å². The molecule has 2 aliphatic carbocycles. The van der Waals surface area contributed by atoms with Crippen molar-refractivity contribution >= 4 is 16.6 Å². The first-order valence-electron chi connectivity index (χ1n) is 13.7. The first kappa shape index (κ1) is 24.1. The lowest BCUT2D eigenvalue weighted by Gasteiger charge is -2.25. The minimum absolute atomic E-state index is 0.184. The van der Waals surface area contributed by atoms with Gasteiger partial charge in [0.05, 0.1) is 4.92 Å². The number of rotatable bonds is 8. The molecule has 2 aromatic carbocycles. The highest BCUT2D eigenvalue weighted by Gasteiger charge is 2.25. The molecular weight excluding hydrogens is 434 g/mol. The summed E-state index contributed by atoms with van der Waals surface area (Å²) in [6.07, 6.45) is 16.1. The third-order valence-electron chi connectivity index (χ3n) is 8.32. The number of nitro benzene ring substituents is 1. The predicted octanol–water partition coefficient (Wildman–Crippen LogP) is 7.81. The number of nitrogens with one attached hydrogen (secondary N) is 1. The van der Waals surface area contributed by atoms with Crippen LogP contribution < -0.4 is 5.32 Å². The first-order valence-corrected chi connectivity index (χ1v) is 13.7. The van der Waals surface area contributed by atoms with E-state index in [1.54, 1.807) is 6.07 Å². The van der Waals surface area contributed by atoms with Crippen molar-refractivity contribution in [3.8, 4) is 0 Å². The molecule has 0 spiro atoms. The molecule has 0 aliphatic heterocycles. The van der Waals surface area contributed by atoms with Gasteiger partial charge in [0.1, 0.15) is 0 Å². The number of nitro groups is 1. The molecule has 1 N–H and O–H groups in total. The molecule has 2 saturated carbocycles. The lowest BCUT2D eigenvalue weighted by molar-refractivity contribution is -0.384. The first-order chi connectivity index (χ1) is 17.1. The summed E-state index contributed by atoms with van der Waals surface area (Å²) in [5.41, 5.74) is 5.14. The standard InChI is InChI=1S/C30H39N3O2/c1-22-9-8-10-23(19-22)27(17-18-31-24-11-4-2-5-12-24)29-21-32(25-13-6-3-7-14-25)30-16-15-26(33(34)35)20-28(29)30/h8-10,15-16,19-21,24-25,27,31H,2-7,11-14,17-18H2,1H3. The highest BCUT2D eigenvalue weighted by Crippen LogP contribution is 2.40. The van der Waals surface area contributed by atoms with Gasteiger partial charge >= 0.3 is 0 Å². The van der Waals surface area contributed by atoms with Gasteiger partial charge < -0.3 is 9.88 Å². The van der Waals surface area contributed by atoms with Gasteiger partial charge in [0, 0.05) is 47.2 Å². The molecule has 2 aliphatic rings. The van der Waals surface area contributed by atoms with Crippen LogP contribution in [0.2, 0.25) is 0 Å². The van der Waals surface area contributed by atoms with Crippen molar-refractivity contribution in [2.45, 2.75) is 95.6 Å². The van der Waals surface area contributed by atoms with Crippen molar-refractivity contribution in [1.82, 2.24) is 9.88 Å². The summed E-state index contributed by atoms with van der Waals surface area (Å²) >= 11 is 0. The van der Waals surface area contributed by atoms with Crippen LogP contribution in [0.1, 0.15) is 99.3 Å². The molecule has 5 rings (SSSR count). The van der Waals surface area contributed by atoms with Crippen LogP contribution >= 0.6 is 0 Å². The Morgan fingerprint density at radius 3 is 2.46 bits per heavy atom. The Hall–Kier alpha value is -2.66. The number of hydrogen-bond donors (Lipinski definition) is 1. The third kappa shape index (κ3) is 5.45. The van der Waals surface area contributed by atoms with Crippen LogP contribution in [-0.4, -0.2) is 22.1 Å². The van der Waals surface area contributed by atoms with E-state index in [0.29, 0.717) is 12.1 Å². The van der Waals surface area contributed by atoms with Crippen LogP contribution in [0, 0.1) is 17.0 Å². The third-order valence-corrected chi connectivity index (χ3v) is 8.32. The van der Waals surface area contributed by atoms with Gasteiger partial charge in [-0.3, -0.25) is 10.1 Å². The average molecular weight is 474 g/mol. The Morgan fingerprint density at radius 2 is 1.74 bits per heavy atom. The molecule has 0 radical (unpaired) electrons. The second-order valence-electron chi connectivity index (χ2n) is 10.8. The maximum absolute atomic E-state index is 11.7. The Kier molecular flexibility index (Phi) is 7.52. The van der Waals surface area contributed by atoms with Crippen molar-refractivity contribution < 1.29 is 4.92 Å². The van der Waals surface area contributed by atoms with Crippen molar-refractivity contribution in [1.29, 1.82) is 0 Å². The highest BCUT2D eigenvalue weighted by atomic mass is 16.6. The van der Waals surface area contributed by atoms with Crippen LogP contribution in [0.4, 0.5) is 5.69 Å². The Balaban J connectivity index is 1.54. The average Bonchev–Trinajstić information content (AvgIpc) is 3.26. The molecule has 1 heterocycles. The van der Waals surface area contributed by atoms with Crippen LogP contribution in [0.25, 0.3) is 10.9 Å². The van der Waals surface area contributed by atoms with Gasteiger partial charge in [-0.2, -0.15) is 0 Å². The molecule has 1 unspecified atom stereocenters. The predicted molar refractivity (Wildman–Crippen MR) is 143 cm³/mol. The molecule has 1 aromatic heterocycles. The zero-order valence-corrected chi connectivity index (χ0v) is 21.0. The largest absolute Gasteiger partial charge is 0.344 e. The van der Waals surface area contributed by atoms with E-state index in [0.717, 1.165) is 23.9 Å². The lowest BCUT2D eigenvalue weighted by Crippen LogP contribution is -2.32. The summed E-state index contributed by atoms with van der Waals surface area (Å²) in [5.74, 6) is 0.209. The number of non-ortho nitro benzene ring substituents is 1. The summed E-state index contributed by atoms with van der Waals surface area (Å²) in [5, 5.41) is 16.6. The zero-order chi connectivity index (χ0) is 24.2. The summed E-state index contributed by atoms with van der Waals surface area (Å²) in [7, 11) is 0. The zero-order valence-electron chi connectivity index (χ0n) is 21.0. The number of nitrogens with zero attached hydrogens (tertiary/aromatic N) is 2. The van der Waals surface area contributed by atoms with Crippen LogP contribution in [-0.2, 0) is 0 Å². The van der Waals surface area contributed by atoms with Gasteiger partial charge in [0.15, 0.2) is 0 Å². The van der Waals surface area contributed by atoms with E-state index in [-0.39, 0.29) is 16.5 Å². The van der Waals surface area contributed by atoms with E-state index in [1.165, 1.54) is 80.9 Å². The van der Waals surface area contributed by atoms with E-state index in [2.05, 4.69) is 47.3 Å². The van der Waals surface area contributed by atoms with Crippen molar-refractivity contribution in [2.24, 2.45) is 0 Å². The summed E-state index contributed by atoms with van der Waals surface area (Å²) in [6.45, 7) is 3.12. The van der Waals surface area contributed by atoms with E-state index >= 15 is 0 Å². The van der Waals surface area contributed by atoms with Crippen molar-refractivity contribution in [3.63, 3.8) is 0 Å². The molecular formula is C30H39N3O2. The van der Waals surface area contributed by atoms with Gasteiger partial charge in [0.2, 0.25) is 0 Å². The number of fused-ring (bicyclic) bond motifs is 1. The number of hydrogen-bond acceptors (Lipinski definition) is 3. The summed E-state index contributed by atoms with van der Waals surface area (Å²) < 4.78 is 2.45. The van der Waals surface area contributed by atoms with Crippen molar-refractivity contribution in [3.05, 3.63) is 75.5 Å². The lowest BCUT2D eigenvalue weighted by atomic mass is 9.87. The molecule has 5 nitrogen and oxygen atoms in total. The number of benzene rings is 2. The molecule has 0 saturated heterocycles. The van der Waals surface area contributed by atoms with Gasteiger partial charge in [-0.15, -0.1) is 0 Å². The molecule has 1 atom stereocenters. The molecule has 35 heavy (non-hydrogen) atoms. The minimum Gasteiger partial charge on any atom is -0.344 e. The Morgan fingerprint density at radius 1 is 1.00 bits per heavy atom. The summed E-state index contributed by atoms with van der Waals surface area (Å²) in [4.78, 5) is 11.4. The SMILES string of the molecule is Cc1cccc(C(CCNC2CCCCC2)c2cn(C3CCCCC3)c3ccc([N+](=O)[O-])cc23)c1. The maximum atomic E-state index is 11.7. The van der Waals surface area contributed by atoms with E-state index < -0.39 is 0 Å². The number of aromatic nitrogens is 1. The van der Waals surface area contributed by atoms with Crippen molar-refractivity contribution in [2.75, 3.05) is 6.54 Å². The Bertz CT molecular complexity index is 1160. The molecule has 0 bridgehead atoms. The van der Waals surface area contributed by atoms with E-state index in [4.69, 9.17) is 0 Å². The molecule has 186 valence electrons. The van der Waals surface area contributed by atoms with Gasteiger partial charge in [-0.05, 0) is 62.8 Å². The quantitative estimate of drug-likeness (QED) is 0.268. The van der Waals surface area contributed by atoms with E-state index in [1.807, 2.05) is 12.1 Å². The monoisotopic (exact) mass is 473 g/mol. The summed E-state index contributed by atoms with van der Waals surface area (Å²) in [6, 6.07) is 15.4. The highest BCUT2D eigenvalue weighted by molar-refractivity contribution is 5.87. The van der Waals surface area contributed by atoms with E-state index in [9.17, 15) is 10.1 Å². The second-order valence-corrected chi connectivity index (χ2v) is 10.8. The topological polar surface area (TPSA) is 60.1 Å². The molecule has 3 aromatic rings.